The lowest BCUT2D eigenvalue weighted by molar-refractivity contribution is 0.0599. The van der Waals surface area contributed by atoms with E-state index in [2.05, 4.69) is 20.7 Å². The van der Waals surface area contributed by atoms with Crippen molar-refractivity contribution in [2.75, 3.05) is 27.3 Å². The number of nitrogens with zero attached hydrogens (tertiary/aromatic N) is 1. The summed E-state index contributed by atoms with van der Waals surface area (Å²) in [7, 11) is -0.739. The zero-order chi connectivity index (χ0) is 16.3. The van der Waals surface area contributed by atoms with E-state index in [9.17, 15) is 13.2 Å². The molecule has 1 saturated heterocycles. The average molecular weight is 392 g/mol. The Balaban J connectivity index is 2.28. The molecular weight excluding hydrogens is 374 g/mol. The Morgan fingerprint density at radius 2 is 1.91 bits per heavy atom. The van der Waals surface area contributed by atoms with Crippen molar-refractivity contribution in [2.24, 2.45) is 0 Å². The highest BCUT2D eigenvalue weighted by Gasteiger charge is 2.30. The van der Waals surface area contributed by atoms with Crippen molar-refractivity contribution in [3.05, 3.63) is 28.2 Å². The van der Waals surface area contributed by atoms with Crippen molar-refractivity contribution in [3.8, 4) is 0 Å². The second kappa shape index (κ2) is 7.08. The van der Waals surface area contributed by atoms with E-state index in [0.717, 1.165) is 0 Å². The number of carbonyl (C=O) groups is 1. The van der Waals surface area contributed by atoms with E-state index in [1.54, 1.807) is 13.2 Å². The van der Waals surface area contributed by atoms with Crippen LogP contribution >= 0.6 is 15.9 Å². The lowest BCUT2D eigenvalue weighted by Crippen LogP contribution is -2.40. The van der Waals surface area contributed by atoms with Crippen LogP contribution in [0.4, 0.5) is 0 Å². The molecule has 1 aromatic carbocycles. The molecule has 0 unspecified atom stereocenters. The third kappa shape index (κ3) is 3.51. The minimum Gasteiger partial charge on any atom is -0.465 e. The van der Waals surface area contributed by atoms with Gasteiger partial charge in [0.25, 0.3) is 0 Å². The van der Waals surface area contributed by atoms with E-state index in [-0.39, 0.29) is 16.6 Å². The molecule has 0 atom stereocenters. The molecular formula is C14H18BrNO5S. The molecule has 22 heavy (non-hydrogen) atoms. The molecule has 1 aromatic rings. The summed E-state index contributed by atoms with van der Waals surface area (Å²) in [4.78, 5) is 11.8. The van der Waals surface area contributed by atoms with E-state index in [1.165, 1.54) is 23.5 Å². The van der Waals surface area contributed by atoms with Gasteiger partial charge in [-0.2, -0.15) is 4.31 Å². The molecule has 0 aromatic heterocycles. The fourth-order valence-corrected chi connectivity index (χ4v) is 4.29. The Hall–Kier alpha value is -0.960. The highest BCUT2D eigenvalue weighted by molar-refractivity contribution is 9.10. The number of esters is 1. The molecule has 0 amide bonds. The zero-order valence-corrected chi connectivity index (χ0v) is 14.8. The maximum absolute atomic E-state index is 12.7. The van der Waals surface area contributed by atoms with Crippen LogP contribution in [0.3, 0.4) is 0 Å². The van der Waals surface area contributed by atoms with Gasteiger partial charge in [-0.05, 0) is 47.0 Å². The Labute approximate surface area is 138 Å². The fraction of sp³-hybridized carbons (Fsp3) is 0.500. The van der Waals surface area contributed by atoms with Gasteiger partial charge in [0, 0.05) is 24.7 Å². The van der Waals surface area contributed by atoms with Gasteiger partial charge in [-0.25, -0.2) is 13.2 Å². The first kappa shape index (κ1) is 17.4. The first-order valence-corrected chi connectivity index (χ1v) is 9.04. The molecule has 6 nitrogen and oxygen atoms in total. The first-order valence-electron chi connectivity index (χ1n) is 6.81. The summed E-state index contributed by atoms with van der Waals surface area (Å²) in [6.07, 6.45) is 1.42. The summed E-state index contributed by atoms with van der Waals surface area (Å²) in [5.74, 6) is -0.581. The fourth-order valence-electron chi connectivity index (χ4n) is 2.39. The summed E-state index contributed by atoms with van der Waals surface area (Å²) in [6.45, 7) is 0.814. The highest BCUT2D eigenvalue weighted by atomic mass is 79.9. The van der Waals surface area contributed by atoms with Gasteiger partial charge in [-0.1, -0.05) is 0 Å². The molecule has 0 radical (unpaired) electrons. The van der Waals surface area contributed by atoms with E-state index in [0.29, 0.717) is 30.4 Å². The Kier molecular flexibility index (Phi) is 5.60. The third-order valence-electron chi connectivity index (χ3n) is 3.72. The predicted octanol–water partition coefficient (Wildman–Crippen LogP) is 2.04. The van der Waals surface area contributed by atoms with Crippen LogP contribution in [-0.4, -0.2) is 52.1 Å². The molecule has 0 bridgehead atoms. The van der Waals surface area contributed by atoms with Crippen LogP contribution in [0.15, 0.2) is 27.6 Å². The Morgan fingerprint density at radius 3 is 2.45 bits per heavy atom. The van der Waals surface area contributed by atoms with Gasteiger partial charge in [0.1, 0.15) is 0 Å². The Morgan fingerprint density at radius 1 is 1.27 bits per heavy atom. The number of halogens is 1. The van der Waals surface area contributed by atoms with Gasteiger partial charge < -0.3 is 9.47 Å². The van der Waals surface area contributed by atoms with Gasteiger partial charge >= 0.3 is 5.97 Å². The number of sulfonamides is 1. The second-order valence-electron chi connectivity index (χ2n) is 4.97. The quantitative estimate of drug-likeness (QED) is 0.734. The van der Waals surface area contributed by atoms with E-state index < -0.39 is 16.0 Å². The van der Waals surface area contributed by atoms with Crippen LogP contribution in [-0.2, 0) is 19.5 Å². The third-order valence-corrected chi connectivity index (χ3v) is 6.30. The number of methoxy groups -OCH3 is 2. The topological polar surface area (TPSA) is 72.9 Å². The smallest absolute Gasteiger partial charge is 0.339 e. The maximum atomic E-state index is 12.7. The average Bonchev–Trinajstić information content (AvgIpc) is 2.54. The standard InChI is InChI=1S/C14H18BrNO5S/c1-20-10-5-7-16(8-6-10)22(18,19)11-3-4-13(15)12(9-11)14(17)21-2/h3-4,9-10H,5-8H2,1-2H3. The molecule has 122 valence electrons. The molecule has 0 N–H and O–H groups in total. The van der Waals surface area contributed by atoms with Gasteiger partial charge in [0.15, 0.2) is 0 Å². The molecule has 8 heteroatoms. The van der Waals surface area contributed by atoms with Crippen LogP contribution < -0.4 is 0 Å². The number of hydrogen-bond acceptors (Lipinski definition) is 5. The lowest BCUT2D eigenvalue weighted by Gasteiger charge is -2.30. The molecule has 0 aliphatic carbocycles. The van der Waals surface area contributed by atoms with Crippen molar-refractivity contribution in [3.63, 3.8) is 0 Å². The molecule has 1 fully saturated rings. The lowest BCUT2D eigenvalue weighted by atomic mass is 10.1. The van der Waals surface area contributed by atoms with Crippen LogP contribution in [0.25, 0.3) is 0 Å². The first-order chi connectivity index (χ1) is 10.4. The van der Waals surface area contributed by atoms with Crippen molar-refractivity contribution < 1.29 is 22.7 Å². The maximum Gasteiger partial charge on any atom is 0.339 e. The monoisotopic (exact) mass is 391 g/mol. The van der Waals surface area contributed by atoms with Crippen molar-refractivity contribution >= 4 is 31.9 Å². The summed E-state index contributed by atoms with van der Waals surface area (Å²) in [6, 6.07) is 4.36. The SMILES string of the molecule is COC(=O)c1cc(S(=O)(=O)N2CCC(OC)CC2)ccc1Br. The van der Waals surface area contributed by atoms with E-state index in [1.807, 2.05) is 0 Å². The van der Waals surface area contributed by atoms with Crippen molar-refractivity contribution in [2.45, 2.75) is 23.8 Å². The number of piperidine rings is 1. The molecule has 1 aliphatic rings. The minimum atomic E-state index is -3.63. The largest absolute Gasteiger partial charge is 0.465 e. The van der Waals surface area contributed by atoms with Gasteiger partial charge in [-0.3, -0.25) is 0 Å². The minimum absolute atomic E-state index is 0.0898. The van der Waals surface area contributed by atoms with Crippen LogP contribution in [0.5, 0.6) is 0 Å². The zero-order valence-electron chi connectivity index (χ0n) is 12.4. The summed E-state index contributed by atoms with van der Waals surface area (Å²) < 4.78 is 37.2. The van der Waals surface area contributed by atoms with Gasteiger partial charge in [-0.15, -0.1) is 0 Å². The van der Waals surface area contributed by atoms with Crippen LogP contribution in [0.1, 0.15) is 23.2 Å². The van der Waals surface area contributed by atoms with E-state index in [4.69, 9.17) is 4.74 Å². The summed E-state index contributed by atoms with van der Waals surface area (Å²) in [5, 5.41) is 0. The summed E-state index contributed by atoms with van der Waals surface area (Å²) >= 11 is 3.23. The number of ether oxygens (including phenoxy) is 2. The second-order valence-corrected chi connectivity index (χ2v) is 7.76. The predicted molar refractivity (Wildman–Crippen MR) is 84.3 cm³/mol. The van der Waals surface area contributed by atoms with Crippen LogP contribution in [0, 0.1) is 0 Å². The molecule has 0 spiro atoms. The van der Waals surface area contributed by atoms with Crippen molar-refractivity contribution in [1.29, 1.82) is 0 Å². The normalized spacial score (nSPS) is 17.4. The van der Waals surface area contributed by atoms with Crippen molar-refractivity contribution in [1.82, 2.24) is 4.31 Å². The molecule has 1 heterocycles. The van der Waals surface area contributed by atoms with Gasteiger partial charge in [0.2, 0.25) is 10.0 Å². The van der Waals surface area contributed by atoms with Crippen LogP contribution in [0.2, 0.25) is 0 Å². The molecule has 0 saturated carbocycles. The molecule has 1 aliphatic heterocycles. The van der Waals surface area contributed by atoms with E-state index >= 15 is 0 Å². The van der Waals surface area contributed by atoms with Gasteiger partial charge in [0.05, 0.1) is 23.7 Å². The number of benzene rings is 1. The number of carbonyl (C=O) groups excluding carboxylic acids is 1. The number of rotatable bonds is 4. The molecule has 2 rings (SSSR count). The summed E-state index contributed by atoms with van der Waals surface area (Å²) in [5.41, 5.74) is 0.190. The number of hydrogen-bond donors (Lipinski definition) is 0. The Bertz CT molecular complexity index is 653. The highest BCUT2D eigenvalue weighted by Crippen LogP contribution is 2.26.